The number of alkyl halides is 3. The Morgan fingerprint density at radius 2 is 1.88 bits per heavy atom. The Kier molecular flexibility index (Phi) is 6.85. The van der Waals surface area contributed by atoms with Crippen LogP contribution < -0.4 is 21.4 Å². The Labute approximate surface area is 185 Å². The van der Waals surface area contributed by atoms with Crippen LogP contribution >= 0.6 is 0 Å². The number of nitrogens with two attached hydrogens (primary N) is 1. The molecule has 3 aromatic rings. The highest BCUT2D eigenvalue weighted by Crippen LogP contribution is 2.31. The number of rotatable bonds is 7. The summed E-state index contributed by atoms with van der Waals surface area (Å²) in [6, 6.07) is 9.00. The molecule has 2 aromatic carbocycles. The zero-order chi connectivity index (χ0) is 24.2. The van der Waals surface area contributed by atoms with Gasteiger partial charge in [0.15, 0.2) is 5.69 Å². The van der Waals surface area contributed by atoms with Crippen LogP contribution in [0.25, 0.3) is 0 Å². The molecule has 0 atom stereocenters. The van der Waals surface area contributed by atoms with Crippen LogP contribution in [0.2, 0.25) is 0 Å². The standard InChI is InChI=1S/C21H20F4N6O2/c1-2-30(31-9-8-17(29-31)19(26)32)12-13-4-3-5-15(10-13)27-20(33)28-18-11-14(21(23,24)25)6-7-16(18)22/h3-11H,2,12H2,1H3,(H2,26,32)(H2,27,28,33). The lowest BCUT2D eigenvalue weighted by atomic mass is 10.2. The van der Waals surface area contributed by atoms with Crippen LogP contribution in [-0.4, -0.2) is 28.4 Å². The third-order valence-corrected chi connectivity index (χ3v) is 4.58. The van der Waals surface area contributed by atoms with Crippen molar-refractivity contribution < 1.29 is 27.2 Å². The Balaban J connectivity index is 1.69. The summed E-state index contributed by atoms with van der Waals surface area (Å²) in [4.78, 5) is 25.0. The minimum Gasteiger partial charge on any atom is -0.364 e. The fraction of sp³-hybridized carbons (Fsp3) is 0.190. The van der Waals surface area contributed by atoms with Gasteiger partial charge in [0.05, 0.1) is 17.8 Å². The molecule has 0 saturated heterocycles. The van der Waals surface area contributed by atoms with Crippen molar-refractivity contribution in [1.29, 1.82) is 0 Å². The largest absolute Gasteiger partial charge is 0.416 e. The van der Waals surface area contributed by atoms with E-state index in [4.69, 9.17) is 5.73 Å². The van der Waals surface area contributed by atoms with Crippen LogP contribution in [0.5, 0.6) is 0 Å². The highest BCUT2D eigenvalue weighted by molar-refractivity contribution is 5.99. The van der Waals surface area contributed by atoms with Crippen molar-refractivity contribution >= 4 is 23.3 Å². The van der Waals surface area contributed by atoms with E-state index in [1.807, 2.05) is 6.92 Å². The van der Waals surface area contributed by atoms with E-state index < -0.39 is 35.2 Å². The normalized spacial score (nSPS) is 11.2. The third kappa shape index (κ3) is 5.99. The summed E-state index contributed by atoms with van der Waals surface area (Å²) in [5.41, 5.74) is 4.75. The predicted octanol–water partition coefficient (Wildman–Crippen LogP) is 3.94. The number of aromatic nitrogens is 2. The predicted molar refractivity (Wildman–Crippen MR) is 114 cm³/mol. The zero-order valence-corrected chi connectivity index (χ0v) is 17.4. The number of nitrogens with zero attached hydrogens (tertiary/aromatic N) is 3. The zero-order valence-electron chi connectivity index (χ0n) is 17.4. The number of hydrogen-bond donors (Lipinski definition) is 3. The second-order valence-electron chi connectivity index (χ2n) is 6.94. The number of halogens is 4. The molecule has 0 aliphatic carbocycles. The van der Waals surface area contributed by atoms with Crippen molar-refractivity contribution in [1.82, 2.24) is 9.89 Å². The monoisotopic (exact) mass is 464 g/mol. The molecule has 1 heterocycles. The SMILES string of the molecule is CCN(Cc1cccc(NC(=O)Nc2cc(C(F)(F)F)ccc2F)c1)n1ccc(C(N)=O)n1. The van der Waals surface area contributed by atoms with Gasteiger partial charge in [0.1, 0.15) is 5.82 Å². The number of carbonyl (C=O) groups is 2. The Morgan fingerprint density at radius 3 is 2.52 bits per heavy atom. The molecule has 0 fully saturated rings. The molecule has 3 rings (SSSR count). The molecule has 0 radical (unpaired) electrons. The third-order valence-electron chi connectivity index (χ3n) is 4.58. The minimum absolute atomic E-state index is 0.113. The van der Waals surface area contributed by atoms with Gasteiger partial charge in [0.25, 0.3) is 5.91 Å². The first-order chi connectivity index (χ1) is 15.6. The summed E-state index contributed by atoms with van der Waals surface area (Å²) in [6.45, 7) is 2.77. The summed E-state index contributed by atoms with van der Waals surface area (Å²) < 4.78 is 52.4. The summed E-state index contributed by atoms with van der Waals surface area (Å²) in [5.74, 6) is -1.65. The summed E-state index contributed by atoms with van der Waals surface area (Å²) >= 11 is 0. The number of carbonyl (C=O) groups excluding carboxylic acids is 2. The van der Waals surface area contributed by atoms with Crippen molar-refractivity contribution in [2.45, 2.75) is 19.6 Å². The van der Waals surface area contributed by atoms with Gasteiger partial charge in [-0.1, -0.05) is 12.1 Å². The number of hydrogen-bond acceptors (Lipinski definition) is 4. The number of urea groups is 1. The lowest BCUT2D eigenvalue weighted by Crippen LogP contribution is -2.34. The van der Waals surface area contributed by atoms with Crippen molar-refractivity contribution in [3.8, 4) is 0 Å². The summed E-state index contributed by atoms with van der Waals surface area (Å²) in [5, 5.41) is 10.4. The fourth-order valence-electron chi connectivity index (χ4n) is 2.97. The van der Waals surface area contributed by atoms with Gasteiger partial charge < -0.3 is 16.4 Å². The number of primary amides is 1. The summed E-state index contributed by atoms with van der Waals surface area (Å²) in [7, 11) is 0. The van der Waals surface area contributed by atoms with Crippen molar-refractivity contribution in [3.05, 3.63) is 77.4 Å². The van der Waals surface area contributed by atoms with E-state index in [1.165, 1.54) is 10.9 Å². The van der Waals surface area contributed by atoms with Crippen LogP contribution in [0.4, 0.5) is 33.7 Å². The molecule has 0 aliphatic heterocycles. The van der Waals surface area contributed by atoms with Crippen LogP contribution in [0, 0.1) is 5.82 Å². The van der Waals surface area contributed by atoms with E-state index in [-0.39, 0.29) is 5.69 Å². The highest BCUT2D eigenvalue weighted by Gasteiger charge is 2.31. The Morgan fingerprint density at radius 1 is 1.12 bits per heavy atom. The van der Waals surface area contributed by atoms with Gasteiger partial charge in [-0.25, -0.2) is 9.18 Å². The second kappa shape index (κ2) is 9.59. The molecule has 3 amide bonds. The molecule has 0 bridgehead atoms. The van der Waals surface area contributed by atoms with Crippen LogP contribution in [0.1, 0.15) is 28.5 Å². The van der Waals surface area contributed by atoms with E-state index in [9.17, 15) is 27.2 Å². The molecular weight excluding hydrogens is 444 g/mol. The molecule has 12 heteroatoms. The van der Waals surface area contributed by atoms with Crippen molar-refractivity contribution in [2.75, 3.05) is 22.2 Å². The number of anilines is 2. The van der Waals surface area contributed by atoms with Gasteiger partial charge in [0, 0.05) is 18.4 Å². The van der Waals surface area contributed by atoms with Gasteiger partial charge in [-0.2, -0.15) is 18.0 Å². The van der Waals surface area contributed by atoms with Crippen LogP contribution in [-0.2, 0) is 12.7 Å². The Hall–Kier alpha value is -4.09. The van der Waals surface area contributed by atoms with Gasteiger partial charge in [-0.3, -0.25) is 9.80 Å². The topological polar surface area (TPSA) is 105 Å². The number of benzene rings is 2. The molecule has 4 N–H and O–H groups in total. The van der Waals surface area contributed by atoms with E-state index in [1.54, 1.807) is 35.5 Å². The molecule has 33 heavy (non-hydrogen) atoms. The van der Waals surface area contributed by atoms with Gasteiger partial charge in [-0.15, -0.1) is 5.10 Å². The van der Waals surface area contributed by atoms with Gasteiger partial charge in [0.2, 0.25) is 0 Å². The van der Waals surface area contributed by atoms with Crippen molar-refractivity contribution in [3.63, 3.8) is 0 Å². The van der Waals surface area contributed by atoms with Gasteiger partial charge >= 0.3 is 12.2 Å². The van der Waals surface area contributed by atoms with Crippen LogP contribution in [0.3, 0.4) is 0 Å². The smallest absolute Gasteiger partial charge is 0.364 e. The van der Waals surface area contributed by atoms with E-state index in [2.05, 4.69) is 15.7 Å². The van der Waals surface area contributed by atoms with E-state index in [0.29, 0.717) is 37.0 Å². The molecule has 0 spiro atoms. The van der Waals surface area contributed by atoms with Crippen LogP contribution in [0.15, 0.2) is 54.7 Å². The molecule has 0 aliphatic rings. The second-order valence-corrected chi connectivity index (χ2v) is 6.94. The molecule has 174 valence electrons. The lowest BCUT2D eigenvalue weighted by Gasteiger charge is -2.23. The van der Waals surface area contributed by atoms with E-state index >= 15 is 0 Å². The molecule has 1 aromatic heterocycles. The quantitative estimate of drug-likeness (QED) is 0.461. The average Bonchev–Trinajstić information content (AvgIpc) is 3.23. The van der Waals surface area contributed by atoms with Crippen molar-refractivity contribution in [2.24, 2.45) is 5.73 Å². The fourth-order valence-corrected chi connectivity index (χ4v) is 2.97. The maximum absolute atomic E-state index is 13.9. The first kappa shape index (κ1) is 23.6. The molecule has 0 unspecified atom stereocenters. The highest BCUT2D eigenvalue weighted by atomic mass is 19.4. The number of amides is 3. The summed E-state index contributed by atoms with van der Waals surface area (Å²) in [6.07, 6.45) is -3.09. The first-order valence-corrected chi connectivity index (χ1v) is 9.71. The average molecular weight is 464 g/mol. The first-order valence-electron chi connectivity index (χ1n) is 9.71. The molecule has 0 saturated carbocycles. The maximum Gasteiger partial charge on any atom is 0.416 e. The van der Waals surface area contributed by atoms with E-state index in [0.717, 1.165) is 5.56 Å². The minimum atomic E-state index is -4.67. The molecule has 8 nitrogen and oxygen atoms in total. The Bertz CT molecular complexity index is 1160. The molecular formula is C21H20F4N6O2. The number of nitrogens with one attached hydrogen (secondary N) is 2. The lowest BCUT2D eigenvalue weighted by molar-refractivity contribution is -0.137. The maximum atomic E-state index is 13.9. The van der Waals surface area contributed by atoms with Gasteiger partial charge in [-0.05, 0) is 48.9 Å².